The molecule has 7 heteroatoms. The van der Waals surface area contributed by atoms with Gasteiger partial charge in [-0.2, -0.15) is 15.0 Å². The first-order valence-corrected chi connectivity index (χ1v) is 5.40. The van der Waals surface area contributed by atoms with E-state index >= 15 is 0 Å². The molecule has 0 amide bonds. The predicted molar refractivity (Wildman–Crippen MR) is 66.0 cm³/mol. The van der Waals surface area contributed by atoms with Gasteiger partial charge in [-0.25, -0.2) is 0 Å². The quantitative estimate of drug-likeness (QED) is 0.803. The average molecular weight is 245 g/mol. The maximum atomic E-state index is 5.75. The summed E-state index contributed by atoms with van der Waals surface area (Å²) < 4.78 is 0. The molecular formula is C9H17ClN6. The first-order chi connectivity index (χ1) is 7.52. The molecule has 2 N–H and O–H groups in total. The van der Waals surface area contributed by atoms with Crippen LogP contribution in [0.15, 0.2) is 0 Å². The number of likely N-dealkylation sites (N-methyl/N-ethyl adjacent to an activating group) is 1. The van der Waals surface area contributed by atoms with Gasteiger partial charge in [0, 0.05) is 19.6 Å². The van der Waals surface area contributed by atoms with Crippen molar-refractivity contribution in [3.05, 3.63) is 5.28 Å². The predicted octanol–water partition coefficient (Wildman–Crippen LogP) is 0.929. The van der Waals surface area contributed by atoms with Crippen LogP contribution in [-0.2, 0) is 0 Å². The molecule has 0 aliphatic rings. The largest absolute Gasteiger partial charge is 0.357 e. The van der Waals surface area contributed by atoms with E-state index in [1.165, 1.54) is 0 Å². The van der Waals surface area contributed by atoms with Gasteiger partial charge in [-0.05, 0) is 32.6 Å². The summed E-state index contributed by atoms with van der Waals surface area (Å²) in [5, 5.41) is 6.11. The van der Waals surface area contributed by atoms with Gasteiger partial charge in [0.1, 0.15) is 0 Å². The van der Waals surface area contributed by atoms with Crippen molar-refractivity contribution in [2.75, 3.05) is 38.3 Å². The number of nitrogens with one attached hydrogen (secondary N) is 2. The highest BCUT2D eigenvalue weighted by Crippen LogP contribution is 2.08. The van der Waals surface area contributed by atoms with Crippen LogP contribution in [0.3, 0.4) is 0 Å². The summed E-state index contributed by atoms with van der Waals surface area (Å²) in [5.41, 5.74) is 0. The molecule has 0 saturated carbocycles. The van der Waals surface area contributed by atoms with Crippen molar-refractivity contribution in [2.24, 2.45) is 0 Å². The monoisotopic (exact) mass is 244 g/mol. The molecule has 0 spiro atoms. The molecule has 16 heavy (non-hydrogen) atoms. The summed E-state index contributed by atoms with van der Waals surface area (Å²) in [4.78, 5) is 14.1. The SMILES string of the molecule is CNc1nc(Cl)nc(NCC(C)N(C)C)n1. The van der Waals surface area contributed by atoms with Gasteiger partial charge in [-0.3, -0.25) is 0 Å². The normalized spacial score (nSPS) is 12.6. The maximum Gasteiger partial charge on any atom is 0.228 e. The lowest BCUT2D eigenvalue weighted by atomic mass is 10.3. The number of halogens is 1. The van der Waals surface area contributed by atoms with Crippen LogP contribution in [0.2, 0.25) is 5.28 Å². The number of anilines is 2. The van der Waals surface area contributed by atoms with E-state index in [4.69, 9.17) is 11.6 Å². The second-order valence-corrected chi connectivity index (χ2v) is 4.03. The smallest absolute Gasteiger partial charge is 0.228 e. The van der Waals surface area contributed by atoms with Crippen molar-refractivity contribution in [2.45, 2.75) is 13.0 Å². The van der Waals surface area contributed by atoms with Gasteiger partial charge in [0.05, 0.1) is 0 Å². The van der Waals surface area contributed by atoms with Crippen molar-refractivity contribution >= 4 is 23.5 Å². The zero-order chi connectivity index (χ0) is 12.1. The van der Waals surface area contributed by atoms with E-state index in [-0.39, 0.29) is 5.28 Å². The van der Waals surface area contributed by atoms with E-state index in [1.807, 2.05) is 14.1 Å². The lowest BCUT2D eigenvalue weighted by Gasteiger charge is -2.19. The summed E-state index contributed by atoms with van der Waals surface area (Å²) in [6.07, 6.45) is 0. The second kappa shape index (κ2) is 5.81. The number of rotatable bonds is 5. The molecule has 1 aromatic rings. The minimum absolute atomic E-state index is 0.180. The Balaban J connectivity index is 2.63. The van der Waals surface area contributed by atoms with Gasteiger partial charge in [-0.15, -0.1) is 0 Å². The topological polar surface area (TPSA) is 66.0 Å². The van der Waals surface area contributed by atoms with Gasteiger partial charge in [0.15, 0.2) is 0 Å². The summed E-state index contributed by atoms with van der Waals surface area (Å²) >= 11 is 5.75. The van der Waals surface area contributed by atoms with Gasteiger partial charge >= 0.3 is 0 Å². The van der Waals surface area contributed by atoms with Crippen molar-refractivity contribution in [1.29, 1.82) is 0 Å². The van der Waals surface area contributed by atoms with E-state index in [1.54, 1.807) is 7.05 Å². The van der Waals surface area contributed by atoms with Gasteiger partial charge in [-0.1, -0.05) is 0 Å². The van der Waals surface area contributed by atoms with Crippen molar-refractivity contribution in [3.63, 3.8) is 0 Å². The van der Waals surface area contributed by atoms with Crippen LogP contribution in [0.1, 0.15) is 6.92 Å². The lowest BCUT2D eigenvalue weighted by molar-refractivity contribution is 0.325. The Morgan fingerprint density at radius 2 is 1.88 bits per heavy atom. The van der Waals surface area contributed by atoms with E-state index in [0.29, 0.717) is 17.9 Å². The molecule has 0 aliphatic heterocycles. The van der Waals surface area contributed by atoms with E-state index < -0.39 is 0 Å². The Morgan fingerprint density at radius 1 is 1.25 bits per heavy atom. The molecule has 90 valence electrons. The van der Waals surface area contributed by atoms with Crippen molar-refractivity contribution in [3.8, 4) is 0 Å². The van der Waals surface area contributed by atoms with Crippen LogP contribution in [0.5, 0.6) is 0 Å². The van der Waals surface area contributed by atoms with Crippen LogP contribution < -0.4 is 10.6 Å². The first-order valence-electron chi connectivity index (χ1n) is 5.02. The molecule has 1 atom stereocenters. The molecule has 1 heterocycles. The van der Waals surface area contributed by atoms with Crippen LogP contribution in [0.25, 0.3) is 0 Å². The van der Waals surface area contributed by atoms with E-state index in [9.17, 15) is 0 Å². The van der Waals surface area contributed by atoms with E-state index in [0.717, 1.165) is 6.54 Å². The standard InChI is InChI=1S/C9H17ClN6/c1-6(16(3)4)5-12-9-14-7(10)13-8(11-2)15-9/h6H,5H2,1-4H3,(H2,11,12,13,14,15). The molecule has 0 radical (unpaired) electrons. The summed E-state index contributed by atoms with van der Waals surface area (Å²) in [5.74, 6) is 0.943. The summed E-state index contributed by atoms with van der Waals surface area (Å²) in [6, 6.07) is 0.383. The Hall–Kier alpha value is -1.14. The number of aromatic nitrogens is 3. The summed E-state index contributed by atoms with van der Waals surface area (Å²) in [7, 11) is 5.77. The van der Waals surface area contributed by atoms with Gasteiger partial charge in [0.25, 0.3) is 0 Å². The fourth-order valence-corrected chi connectivity index (χ4v) is 1.12. The van der Waals surface area contributed by atoms with Gasteiger partial charge < -0.3 is 15.5 Å². The lowest BCUT2D eigenvalue weighted by Crippen LogP contribution is -2.32. The van der Waals surface area contributed by atoms with Crippen LogP contribution >= 0.6 is 11.6 Å². The maximum absolute atomic E-state index is 5.75. The molecule has 1 unspecified atom stereocenters. The van der Waals surface area contributed by atoms with Crippen molar-refractivity contribution in [1.82, 2.24) is 19.9 Å². The average Bonchev–Trinajstić information content (AvgIpc) is 2.24. The second-order valence-electron chi connectivity index (χ2n) is 3.70. The summed E-state index contributed by atoms with van der Waals surface area (Å²) in [6.45, 7) is 2.85. The Bertz CT molecular complexity index is 343. The van der Waals surface area contributed by atoms with Crippen LogP contribution in [-0.4, -0.2) is 53.6 Å². The number of hydrogen-bond donors (Lipinski definition) is 2. The third-order valence-electron chi connectivity index (χ3n) is 2.27. The third-order valence-corrected chi connectivity index (χ3v) is 2.44. The zero-order valence-corrected chi connectivity index (χ0v) is 10.7. The number of hydrogen-bond acceptors (Lipinski definition) is 6. The molecule has 1 aromatic heterocycles. The van der Waals surface area contributed by atoms with Gasteiger partial charge in [0.2, 0.25) is 17.2 Å². The van der Waals surface area contributed by atoms with Crippen molar-refractivity contribution < 1.29 is 0 Å². The minimum Gasteiger partial charge on any atom is -0.357 e. The number of nitrogens with zero attached hydrogens (tertiary/aromatic N) is 4. The molecular weight excluding hydrogens is 228 g/mol. The Labute approximate surface area is 100 Å². The first kappa shape index (κ1) is 12.9. The minimum atomic E-state index is 0.180. The Kier molecular flexibility index (Phi) is 4.70. The van der Waals surface area contributed by atoms with E-state index in [2.05, 4.69) is 37.4 Å². The molecule has 1 rings (SSSR count). The highest BCUT2D eigenvalue weighted by molar-refractivity contribution is 6.28. The fourth-order valence-electron chi connectivity index (χ4n) is 0.963. The molecule has 0 aromatic carbocycles. The van der Waals surface area contributed by atoms with Crippen LogP contribution in [0, 0.1) is 0 Å². The highest BCUT2D eigenvalue weighted by atomic mass is 35.5. The fraction of sp³-hybridized carbons (Fsp3) is 0.667. The third kappa shape index (κ3) is 3.79. The molecule has 6 nitrogen and oxygen atoms in total. The van der Waals surface area contributed by atoms with Crippen LogP contribution in [0.4, 0.5) is 11.9 Å². The molecule has 0 fully saturated rings. The molecule has 0 bridgehead atoms. The Morgan fingerprint density at radius 3 is 2.44 bits per heavy atom. The highest BCUT2D eigenvalue weighted by Gasteiger charge is 2.07. The zero-order valence-electron chi connectivity index (χ0n) is 9.95. The molecule has 0 saturated heterocycles. The molecule has 0 aliphatic carbocycles.